The lowest BCUT2D eigenvalue weighted by molar-refractivity contribution is -0.254. The van der Waals surface area contributed by atoms with Crippen LogP contribution < -0.4 is 0 Å². The van der Waals surface area contributed by atoms with Gasteiger partial charge in [0.2, 0.25) is 0 Å². The fourth-order valence-corrected chi connectivity index (χ4v) is 4.19. The predicted molar refractivity (Wildman–Crippen MR) is 82.8 cm³/mol. The SMILES string of the molecule is Cc1nn(C(F)F)c(C)c1CC(=O)O[C@@H]1[C@H]2CCCO[C@@H]2C1(C)C. The number of esters is 1. The van der Waals surface area contributed by atoms with Crippen LogP contribution >= 0.6 is 0 Å². The Labute approximate surface area is 140 Å². The van der Waals surface area contributed by atoms with Gasteiger partial charge in [0.25, 0.3) is 0 Å². The lowest BCUT2D eigenvalue weighted by Gasteiger charge is -2.58. The van der Waals surface area contributed by atoms with E-state index in [-0.39, 0.29) is 30.0 Å². The summed E-state index contributed by atoms with van der Waals surface area (Å²) in [6.07, 6.45) is 1.89. The number of halogens is 2. The first-order chi connectivity index (χ1) is 11.2. The van der Waals surface area contributed by atoms with Crippen molar-refractivity contribution in [2.24, 2.45) is 11.3 Å². The minimum atomic E-state index is -2.71. The van der Waals surface area contributed by atoms with Crippen LogP contribution in [0.4, 0.5) is 8.78 Å². The quantitative estimate of drug-likeness (QED) is 0.789. The molecule has 1 aliphatic carbocycles. The van der Waals surface area contributed by atoms with E-state index in [1.807, 2.05) is 13.8 Å². The van der Waals surface area contributed by atoms with E-state index in [1.54, 1.807) is 13.8 Å². The van der Waals surface area contributed by atoms with Crippen molar-refractivity contribution in [1.29, 1.82) is 0 Å². The van der Waals surface area contributed by atoms with Gasteiger partial charge in [0, 0.05) is 29.2 Å². The van der Waals surface area contributed by atoms with E-state index in [1.165, 1.54) is 0 Å². The Hall–Kier alpha value is -1.50. The fraction of sp³-hybridized carbons (Fsp3) is 0.765. The second kappa shape index (κ2) is 6.10. The molecule has 3 rings (SSSR count). The molecule has 0 radical (unpaired) electrons. The third-order valence-corrected chi connectivity index (χ3v) is 5.46. The Kier molecular flexibility index (Phi) is 4.40. The highest BCUT2D eigenvalue weighted by Gasteiger charge is 2.60. The highest BCUT2D eigenvalue weighted by molar-refractivity contribution is 5.73. The minimum Gasteiger partial charge on any atom is -0.461 e. The molecule has 2 aliphatic rings. The van der Waals surface area contributed by atoms with Crippen LogP contribution in [-0.4, -0.2) is 34.6 Å². The zero-order chi connectivity index (χ0) is 17.6. The lowest BCUT2D eigenvalue weighted by atomic mass is 9.57. The van der Waals surface area contributed by atoms with E-state index in [9.17, 15) is 13.6 Å². The molecule has 0 spiro atoms. The molecule has 1 aromatic heterocycles. The molecule has 24 heavy (non-hydrogen) atoms. The maximum atomic E-state index is 12.9. The number of fused-ring (bicyclic) bond motifs is 1. The summed E-state index contributed by atoms with van der Waals surface area (Å²) in [5, 5.41) is 3.81. The number of carbonyl (C=O) groups is 1. The molecule has 1 saturated carbocycles. The van der Waals surface area contributed by atoms with Gasteiger partial charge in [-0.05, 0) is 26.7 Å². The summed E-state index contributed by atoms with van der Waals surface area (Å²) in [6, 6.07) is 0. The molecule has 3 atom stereocenters. The molecule has 0 amide bonds. The number of hydrogen-bond donors (Lipinski definition) is 0. The number of rotatable bonds is 4. The smallest absolute Gasteiger partial charge is 0.333 e. The number of hydrogen-bond acceptors (Lipinski definition) is 4. The molecule has 7 heteroatoms. The normalized spacial score (nSPS) is 28.4. The zero-order valence-corrected chi connectivity index (χ0v) is 14.5. The van der Waals surface area contributed by atoms with E-state index >= 15 is 0 Å². The molecule has 1 aliphatic heterocycles. The van der Waals surface area contributed by atoms with Gasteiger partial charge in [0.05, 0.1) is 18.2 Å². The summed E-state index contributed by atoms with van der Waals surface area (Å²) in [4.78, 5) is 12.4. The molecule has 5 nitrogen and oxygen atoms in total. The van der Waals surface area contributed by atoms with Gasteiger partial charge in [-0.25, -0.2) is 4.68 Å². The van der Waals surface area contributed by atoms with Gasteiger partial charge in [-0.1, -0.05) is 13.8 Å². The van der Waals surface area contributed by atoms with Gasteiger partial charge in [-0.15, -0.1) is 0 Å². The molecule has 0 unspecified atom stereocenters. The highest BCUT2D eigenvalue weighted by Crippen LogP contribution is 2.53. The first kappa shape index (κ1) is 17.3. The first-order valence-corrected chi connectivity index (χ1v) is 8.37. The van der Waals surface area contributed by atoms with Crippen molar-refractivity contribution in [1.82, 2.24) is 9.78 Å². The average molecular weight is 342 g/mol. The van der Waals surface area contributed by atoms with Gasteiger partial charge in [-0.3, -0.25) is 4.79 Å². The van der Waals surface area contributed by atoms with Crippen LogP contribution in [0, 0.1) is 25.2 Å². The van der Waals surface area contributed by atoms with Crippen LogP contribution in [0.15, 0.2) is 0 Å². The van der Waals surface area contributed by atoms with Crippen LogP contribution in [-0.2, 0) is 20.7 Å². The Bertz CT molecular complexity index is 642. The molecule has 0 aromatic carbocycles. The van der Waals surface area contributed by atoms with Crippen molar-refractivity contribution in [2.75, 3.05) is 6.61 Å². The predicted octanol–water partition coefficient (Wildman–Crippen LogP) is 3.18. The van der Waals surface area contributed by atoms with Crippen LogP contribution in [0.25, 0.3) is 0 Å². The summed E-state index contributed by atoms with van der Waals surface area (Å²) < 4.78 is 37.9. The zero-order valence-electron chi connectivity index (χ0n) is 14.5. The van der Waals surface area contributed by atoms with Gasteiger partial charge in [-0.2, -0.15) is 13.9 Å². The fourth-order valence-electron chi connectivity index (χ4n) is 4.19. The third kappa shape index (κ3) is 2.72. The molecule has 0 N–H and O–H groups in total. The Balaban J connectivity index is 1.68. The summed E-state index contributed by atoms with van der Waals surface area (Å²) >= 11 is 0. The molecule has 0 bridgehead atoms. The Morgan fingerprint density at radius 3 is 2.79 bits per heavy atom. The van der Waals surface area contributed by atoms with E-state index in [0.717, 1.165) is 19.4 Å². The molecular weight excluding hydrogens is 318 g/mol. The largest absolute Gasteiger partial charge is 0.461 e. The molecule has 2 fully saturated rings. The Morgan fingerprint density at radius 1 is 1.46 bits per heavy atom. The number of ether oxygens (including phenoxy) is 2. The molecule has 1 saturated heterocycles. The number of aromatic nitrogens is 2. The number of alkyl halides is 2. The van der Waals surface area contributed by atoms with Crippen LogP contribution in [0.1, 0.15) is 50.2 Å². The van der Waals surface area contributed by atoms with Crippen LogP contribution in [0.2, 0.25) is 0 Å². The van der Waals surface area contributed by atoms with E-state index < -0.39 is 12.5 Å². The molecule has 134 valence electrons. The second-order valence-corrected chi connectivity index (χ2v) is 7.38. The van der Waals surface area contributed by atoms with Crippen molar-refractivity contribution in [3.05, 3.63) is 17.0 Å². The van der Waals surface area contributed by atoms with E-state index in [4.69, 9.17) is 9.47 Å². The van der Waals surface area contributed by atoms with E-state index in [0.29, 0.717) is 21.6 Å². The standard InChI is InChI=1S/C17H24F2N2O3/c1-9-12(10(2)21(20-9)16(18)19)8-13(22)24-15-11-6-5-7-23-14(11)17(15,3)4/h11,14-16H,5-8H2,1-4H3/t11-,14-,15+/m0/s1. The lowest BCUT2D eigenvalue weighted by Crippen LogP contribution is -2.65. The molecule has 1 aromatic rings. The summed E-state index contributed by atoms with van der Waals surface area (Å²) in [6.45, 7) is 5.32. The summed E-state index contributed by atoms with van der Waals surface area (Å²) in [7, 11) is 0. The van der Waals surface area contributed by atoms with Gasteiger partial charge in [0.1, 0.15) is 6.10 Å². The summed E-state index contributed by atoms with van der Waals surface area (Å²) in [5.41, 5.74) is 1.06. The minimum absolute atomic E-state index is 0.0325. The van der Waals surface area contributed by atoms with E-state index in [2.05, 4.69) is 5.10 Å². The maximum Gasteiger partial charge on any atom is 0.333 e. The summed E-state index contributed by atoms with van der Waals surface area (Å²) in [5.74, 6) is -0.152. The number of nitrogens with zero attached hydrogens (tertiary/aromatic N) is 2. The molecule has 2 heterocycles. The second-order valence-electron chi connectivity index (χ2n) is 7.38. The van der Waals surface area contributed by atoms with Crippen molar-refractivity contribution in [3.8, 4) is 0 Å². The third-order valence-electron chi connectivity index (χ3n) is 5.46. The molecular formula is C17H24F2N2O3. The highest BCUT2D eigenvalue weighted by atomic mass is 19.3. The van der Waals surface area contributed by atoms with Crippen molar-refractivity contribution in [3.63, 3.8) is 0 Å². The average Bonchev–Trinajstić information content (AvgIpc) is 2.81. The first-order valence-electron chi connectivity index (χ1n) is 8.37. The van der Waals surface area contributed by atoms with Gasteiger partial charge >= 0.3 is 12.5 Å². The number of carbonyl (C=O) groups excluding carboxylic acids is 1. The maximum absolute atomic E-state index is 12.9. The van der Waals surface area contributed by atoms with Crippen LogP contribution in [0.3, 0.4) is 0 Å². The van der Waals surface area contributed by atoms with Gasteiger partial charge < -0.3 is 9.47 Å². The van der Waals surface area contributed by atoms with Crippen molar-refractivity contribution < 1.29 is 23.0 Å². The van der Waals surface area contributed by atoms with Gasteiger partial charge in [0.15, 0.2) is 0 Å². The van der Waals surface area contributed by atoms with Crippen molar-refractivity contribution in [2.45, 2.75) is 65.7 Å². The number of aryl methyl sites for hydroxylation is 1. The monoisotopic (exact) mass is 342 g/mol. The van der Waals surface area contributed by atoms with Crippen molar-refractivity contribution >= 4 is 5.97 Å². The Morgan fingerprint density at radius 2 is 2.17 bits per heavy atom. The topological polar surface area (TPSA) is 53.4 Å². The van der Waals surface area contributed by atoms with Crippen LogP contribution in [0.5, 0.6) is 0 Å².